The Morgan fingerprint density at radius 2 is 2.09 bits per heavy atom. The smallest absolute Gasteiger partial charge is 0.322 e. The molecule has 2 rings (SSSR count). The highest BCUT2D eigenvalue weighted by Gasteiger charge is 2.36. The molecule has 1 saturated heterocycles. The van der Waals surface area contributed by atoms with Gasteiger partial charge in [0.15, 0.2) is 0 Å². The maximum Gasteiger partial charge on any atom is 0.322 e. The summed E-state index contributed by atoms with van der Waals surface area (Å²) in [5.41, 5.74) is 1.03. The van der Waals surface area contributed by atoms with E-state index < -0.39 is 0 Å². The molecule has 1 aromatic rings. The van der Waals surface area contributed by atoms with Crippen molar-refractivity contribution in [2.75, 3.05) is 26.4 Å². The predicted molar refractivity (Wildman–Crippen MR) is 87.3 cm³/mol. The minimum absolute atomic E-state index is 0.0999. The highest BCUT2D eigenvalue weighted by atomic mass is 35.5. The molecule has 1 N–H and O–H groups in total. The van der Waals surface area contributed by atoms with Crippen LogP contribution in [0, 0.1) is 0 Å². The Labute approximate surface area is 137 Å². The fourth-order valence-corrected chi connectivity index (χ4v) is 3.23. The third-order valence-electron chi connectivity index (χ3n) is 4.28. The average Bonchev–Trinajstić information content (AvgIpc) is 2.54. The zero-order chi connectivity index (χ0) is 16.0. The molecule has 122 valence electrons. The molecule has 1 heterocycles. The van der Waals surface area contributed by atoms with Gasteiger partial charge in [0, 0.05) is 30.2 Å². The fourth-order valence-electron chi connectivity index (χ4n) is 2.89. The largest absolute Gasteiger partial charge is 0.465 e. The summed E-state index contributed by atoms with van der Waals surface area (Å²) in [6.45, 7) is 6.14. The molecule has 0 aliphatic carbocycles. The lowest BCUT2D eigenvalue weighted by Gasteiger charge is -2.39. The maximum absolute atomic E-state index is 11.8. The van der Waals surface area contributed by atoms with Crippen molar-refractivity contribution < 1.29 is 14.3 Å². The number of nitrogens with one attached hydrogen (secondary N) is 1. The first kappa shape index (κ1) is 17.3. The normalized spacial score (nSPS) is 18.7. The lowest BCUT2D eigenvalue weighted by Crippen LogP contribution is -2.47. The van der Waals surface area contributed by atoms with Crippen LogP contribution in [0.25, 0.3) is 0 Å². The van der Waals surface area contributed by atoms with Gasteiger partial charge in [0.05, 0.1) is 6.61 Å². The number of hydrogen-bond donors (Lipinski definition) is 1. The first-order chi connectivity index (χ1) is 10.6. The molecule has 1 aliphatic heterocycles. The number of benzene rings is 1. The van der Waals surface area contributed by atoms with Crippen LogP contribution in [0.1, 0.15) is 32.3 Å². The summed E-state index contributed by atoms with van der Waals surface area (Å²) in [5.74, 6) is -0.219. The van der Waals surface area contributed by atoms with Crippen molar-refractivity contribution in [3.63, 3.8) is 0 Å². The van der Waals surface area contributed by atoms with Crippen molar-refractivity contribution in [3.8, 4) is 0 Å². The summed E-state index contributed by atoms with van der Waals surface area (Å²) < 4.78 is 10.6. The molecule has 1 fully saturated rings. The molecule has 0 spiro atoms. The number of carbonyl (C=O) groups excluding carboxylic acids is 1. The average molecular weight is 326 g/mol. The van der Waals surface area contributed by atoms with Crippen LogP contribution in [0.3, 0.4) is 0 Å². The molecular formula is C17H24ClNO3. The number of ether oxygens (including phenoxy) is 2. The second-order valence-corrected chi connectivity index (χ2v) is 6.13. The Morgan fingerprint density at radius 3 is 2.73 bits per heavy atom. The summed E-state index contributed by atoms with van der Waals surface area (Å²) in [6.07, 6.45) is 1.78. The number of esters is 1. The van der Waals surface area contributed by atoms with Crippen LogP contribution < -0.4 is 5.32 Å². The first-order valence-corrected chi connectivity index (χ1v) is 8.19. The number of hydrogen-bond acceptors (Lipinski definition) is 4. The van der Waals surface area contributed by atoms with Crippen molar-refractivity contribution in [2.24, 2.45) is 0 Å². The zero-order valence-corrected chi connectivity index (χ0v) is 14.0. The second-order valence-electron chi connectivity index (χ2n) is 5.73. The number of halogens is 1. The molecule has 0 bridgehead atoms. The van der Waals surface area contributed by atoms with Crippen molar-refractivity contribution >= 4 is 17.6 Å². The predicted octanol–water partition coefficient (Wildman–Crippen LogP) is 2.93. The van der Waals surface area contributed by atoms with E-state index in [0.29, 0.717) is 26.4 Å². The molecule has 0 radical (unpaired) electrons. The molecule has 1 aromatic carbocycles. The molecule has 1 atom stereocenters. The van der Waals surface area contributed by atoms with E-state index in [-0.39, 0.29) is 17.4 Å². The SMILES string of the molecule is CCOC(=O)[C@@H](C)NCC1(c2ccccc2Cl)CCOCC1. The number of rotatable bonds is 6. The summed E-state index contributed by atoms with van der Waals surface area (Å²) in [7, 11) is 0. The van der Waals surface area contributed by atoms with Crippen LogP contribution in [0.15, 0.2) is 24.3 Å². The molecule has 5 heteroatoms. The van der Waals surface area contributed by atoms with Gasteiger partial charge in [-0.3, -0.25) is 4.79 Å². The standard InChI is InChI=1S/C17H24ClNO3/c1-3-22-16(20)13(2)19-12-17(8-10-21-11-9-17)14-6-4-5-7-15(14)18/h4-7,13,19H,3,8-12H2,1-2H3/t13-/m1/s1. The molecule has 0 saturated carbocycles. The quantitative estimate of drug-likeness (QED) is 0.817. The molecule has 1 aliphatic rings. The zero-order valence-electron chi connectivity index (χ0n) is 13.2. The van der Waals surface area contributed by atoms with Gasteiger partial charge < -0.3 is 14.8 Å². The molecular weight excluding hydrogens is 302 g/mol. The molecule has 4 nitrogen and oxygen atoms in total. The van der Waals surface area contributed by atoms with E-state index in [0.717, 1.165) is 23.4 Å². The van der Waals surface area contributed by atoms with Gasteiger partial charge in [-0.1, -0.05) is 29.8 Å². The first-order valence-electron chi connectivity index (χ1n) is 7.82. The van der Waals surface area contributed by atoms with Gasteiger partial charge in [0.1, 0.15) is 6.04 Å². The summed E-state index contributed by atoms with van der Waals surface area (Å²) in [6, 6.07) is 7.61. The van der Waals surface area contributed by atoms with E-state index in [2.05, 4.69) is 11.4 Å². The Morgan fingerprint density at radius 1 is 1.41 bits per heavy atom. The molecule has 0 amide bonds. The van der Waals surface area contributed by atoms with Crippen LogP contribution in [-0.4, -0.2) is 38.4 Å². The lowest BCUT2D eigenvalue weighted by atomic mass is 9.74. The van der Waals surface area contributed by atoms with Gasteiger partial charge in [-0.25, -0.2) is 0 Å². The van der Waals surface area contributed by atoms with E-state index >= 15 is 0 Å². The van der Waals surface area contributed by atoms with Crippen LogP contribution in [0.4, 0.5) is 0 Å². The maximum atomic E-state index is 11.8. The minimum Gasteiger partial charge on any atom is -0.465 e. The second kappa shape index (κ2) is 7.95. The van der Waals surface area contributed by atoms with E-state index in [1.165, 1.54) is 0 Å². The third-order valence-corrected chi connectivity index (χ3v) is 4.61. The molecule has 22 heavy (non-hydrogen) atoms. The Balaban J connectivity index is 2.13. The van der Waals surface area contributed by atoms with E-state index in [4.69, 9.17) is 21.1 Å². The summed E-state index contributed by atoms with van der Waals surface area (Å²) >= 11 is 6.41. The van der Waals surface area contributed by atoms with Gasteiger partial charge in [0.25, 0.3) is 0 Å². The molecule has 0 unspecified atom stereocenters. The van der Waals surface area contributed by atoms with Crippen molar-refractivity contribution in [2.45, 2.75) is 38.1 Å². The van der Waals surface area contributed by atoms with E-state index in [1.807, 2.05) is 32.0 Å². The monoisotopic (exact) mass is 325 g/mol. The van der Waals surface area contributed by atoms with E-state index in [1.54, 1.807) is 0 Å². The highest BCUT2D eigenvalue weighted by Crippen LogP contribution is 2.38. The fraction of sp³-hybridized carbons (Fsp3) is 0.588. The highest BCUT2D eigenvalue weighted by molar-refractivity contribution is 6.31. The lowest BCUT2D eigenvalue weighted by molar-refractivity contribution is -0.145. The van der Waals surface area contributed by atoms with Gasteiger partial charge in [-0.15, -0.1) is 0 Å². The van der Waals surface area contributed by atoms with Gasteiger partial charge in [-0.2, -0.15) is 0 Å². The van der Waals surface area contributed by atoms with Gasteiger partial charge in [-0.05, 0) is 38.3 Å². The van der Waals surface area contributed by atoms with Crippen LogP contribution in [0.2, 0.25) is 5.02 Å². The van der Waals surface area contributed by atoms with Crippen molar-refractivity contribution in [3.05, 3.63) is 34.9 Å². The number of carbonyl (C=O) groups is 1. The van der Waals surface area contributed by atoms with E-state index in [9.17, 15) is 4.79 Å². The topological polar surface area (TPSA) is 47.6 Å². The Kier molecular flexibility index (Phi) is 6.24. The van der Waals surface area contributed by atoms with Gasteiger partial charge >= 0.3 is 5.97 Å². The Bertz CT molecular complexity index is 500. The van der Waals surface area contributed by atoms with Crippen LogP contribution >= 0.6 is 11.6 Å². The van der Waals surface area contributed by atoms with Crippen LogP contribution in [-0.2, 0) is 19.7 Å². The summed E-state index contributed by atoms with van der Waals surface area (Å²) in [5, 5.41) is 4.09. The third kappa shape index (κ3) is 4.00. The molecule has 0 aromatic heterocycles. The van der Waals surface area contributed by atoms with Crippen molar-refractivity contribution in [1.82, 2.24) is 5.32 Å². The Hall–Kier alpha value is -1.10. The minimum atomic E-state index is -0.331. The van der Waals surface area contributed by atoms with Crippen LogP contribution in [0.5, 0.6) is 0 Å². The van der Waals surface area contributed by atoms with Gasteiger partial charge in [0.2, 0.25) is 0 Å². The van der Waals surface area contributed by atoms with Crippen molar-refractivity contribution in [1.29, 1.82) is 0 Å². The summed E-state index contributed by atoms with van der Waals surface area (Å²) in [4.78, 5) is 11.8.